The summed E-state index contributed by atoms with van der Waals surface area (Å²) in [4.78, 5) is 0. The van der Waals surface area contributed by atoms with E-state index in [0.29, 0.717) is 0 Å². The van der Waals surface area contributed by atoms with Crippen LogP contribution in [0.3, 0.4) is 0 Å². The molecule has 0 radical (unpaired) electrons. The van der Waals surface area contributed by atoms with Gasteiger partial charge in [-0.3, -0.25) is 0 Å². The second-order valence-corrected chi connectivity index (χ2v) is 4.22. The van der Waals surface area contributed by atoms with Gasteiger partial charge in [-0.05, 0) is 44.9 Å². The van der Waals surface area contributed by atoms with Crippen LogP contribution in [0.2, 0.25) is 0 Å². The third-order valence-electron chi connectivity index (χ3n) is 2.56. The maximum Gasteiger partial charge on any atom is -0.0169 e. The average molecular weight is 232 g/mol. The molecule has 0 aliphatic rings. The molecule has 0 heterocycles. The Labute approximate surface area is 108 Å². The highest BCUT2D eigenvalue weighted by molar-refractivity contribution is 4.96. The van der Waals surface area contributed by atoms with Crippen LogP contribution < -0.4 is 0 Å². The van der Waals surface area contributed by atoms with Crippen molar-refractivity contribution in [3.63, 3.8) is 0 Å². The topological polar surface area (TPSA) is 0 Å². The second kappa shape index (κ2) is 15.0. The fourth-order valence-corrected chi connectivity index (χ4v) is 1.55. The molecule has 0 aliphatic carbocycles. The fourth-order valence-electron chi connectivity index (χ4n) is 1.55. The minimum atomic E-state index is 1.07. The van der Waals surface area contributed by atoms with Crippen molar-refractivity contribution >= 4 is 0 Å². The summed E-state index contributed by atoms with van der Waals surface area (Å²) < 4.78 is 0. The van der Waals surface area contributed by atoms with E-state index in [1.807, 2.05) is 6.08 Å². The van der Waals surface area contributed by atoms with E-state index in [1.165, 1.54) is 25.7 Å². The molecule has 0 amide bonds. The third-order valence-corrected chi connectivity index (χ3v) is 2.56. The van der Waals surface area contributed by atoms with Crippen LogP contribution in [-0.2, 0) is 0 Å². The molecule has 0 nitrogen and oxygen atoms in total. The molecule has 0 aromatic carbocycles. The van der Waals surface area contributed by atoms with E-state index in [0.717, 1.165) is 25.7 Å². The Bertz CT molecular complexity index is 230. The molecule has 0 atom stereocenters. The predicted molar refractivity (Wildman–Crippen MR) is 80.2 cm³/mol. The van der Waals surface area contributed by atoms with E-state index in [4.69, 9.17) is 0 Å². The van der Waals surface area contributed by atoms with Gasteiger partial charge in [-0.15, -0.1) is 6.58 Å². The third kappa shape index (κ3) is 15.0. The zero-order valence-electron chi connectivity index (χ0n) is 11.4. The van der Waals surface area contributed by atoms with Gasteiger partial charge in [0.05, 0.1) is 0 Å². The van der Waals surface area contributed by atoms with Crippen LogP contribution in [0.1, 0.15) is 58.3 Å². The zero-order chi connectivity index (χ0) is 12.6. The molecule has 0 aromatic rings. The highest BCUT2D eigenvalue weighted by Gasteiger charge is 1.84. The lowest BCUT2D eigenvalue weighted by atomic mass is 10.1. The molecule has 0 rings (SSSR count). The minimum Gasteiger partial charge on any atom is -0.103 e. The summed E-state index contributed by atoms with van der Waals surface area (Å²) in [5, 5.41) is 0. The van der Waals surface area contributed by atoms with E-state index in [1.54, 1.807) is 0 Å². The molecule has 0 aliphatic heterocycles. The first-order valence-electron chi connectivity index (χ1n) is 6.97. The summed E-state index contributed by atoms with van der Waals surface area (Å²) in [6.07, 6.45) is 25.1. The number of allylic oxidation sites excluding steroid dienone is 7. The van der Waals surface area contributed by atoms with Crippen molar-refractivity contribution in [1.29, 1.82) is 0 Å². The average Bonchev–Trinajstić information content (AvgIpc) is 2.35. The molecule has 0 fully saturated rings. The van der Waals surface area contributed by atoms with Gasteiger partial charge in [0.2, 0.25) is 0 Å². The van der Waals surface area contributed by atoms with Crippen molar-refractivity contribution in [2.45, 2.75) is 58.3 Å². The normalized spacial score (nSPS) is 12.1. The Morgan fingerprint density at radius 3 is 1.94 bits per heavy atom. The lowest BCUT2D eigenvalue weighted by molar-refractivity contribution is 0.696. The Morgan fingerprint density at radius 1 is 0.706 bits per heavy atom. The van der Waals surface area contributed by atoms with Crippen molar-refractivity contribution in [3.8, 4) is 0 Å². The number of rotatable bonds is 11. The zero-order valence-corrected chi connectivity index (χ0v) is 11.4. The van der Waals surface area contributed by atoms with E-state index in [9.17, 15) is 0 Å². The van der Waals surface area contributed by atoms with Gasteiger partial charge < -0.3 is 0 Å². The van der Waals surface area contributed by atoms with Crippen molar-refractivity contribution in [2.75, 3.05) is 0 Å². The number of hydrogen-bond acceptors (Lipinski definition) is 0. The Kier molecular flexibility index (Phi) is 14.0. The maximum atomic E-state index is 3.73. The number of unbranched alkanes of at least 4 members (excludes halogenated alkanes) is 4. The van der Waals surface area contributed by atoms with Crippen molar-refractivity contribution < 1.29 is 0 Å². The number of hydrogen-bond donors (Lipinski definition) is 0. The Morgan fingerprint density at radius 2 is 1.29 bits per heavy atom. The SMILES string of the molecule is C=CCCCCC/C=C\C/C=C\C/C=C\CC. The second-order valence-electron chi connectivity index (χ2n) is 4.22. The largest absolute Gasteiger partial charge is 0.103 e. The summed E-state index contributed by atoms with van der Waals surface area (Å²) >= 11 is 0. The van der Waals surface area contributed by atoms with Gasteiger partial charge in [-0.2, -0.15) is 0 Å². The van der Waals surface area contributed by atoms with Gasteiger partial charge >= 0.3 is 0 Å². The van der Waals surface area contributed by atoms with Crippen LogP contribution in [0.15, 0.2) is 49.1 Å². The molecule has 0 saturated heterocycles. The van der Waals surface area contributed by atoms with Crippen molar-refractivity contribution in [2.24, 2.45) is 0 Å². The van der Waals surface area contributed by atoms with Crippen LogP contribution in [0.25, 0.3) is 0 Å². The molecule has 0 bridgehead atoms. The molecular weight excluding hydrogens is 204 g/mol. The van der Waals surface area contributed by atoms with Gasteiger partial charge in [0.25, 0.3) is 0 Å². The first-order chi connectivity index (χ1) is 8.41. The molecule has 0 spiro atoms. The Hall–Kier alpha value is -1.04. The molecule has 0 heteroatoms. The van der Waals surface area contributed by atoms with Gasteiger partial charge in [-0.1, -0.05) is 55.9 Å². The summed E-state index contributed by atoms with van der Waals surface area (Å²) in [6.45, 7) is 5.89. The van der Waals surface area contributed by atoms with Crippen LogP contribution in [0.5, 0.6) is 0 Å². The van der Waals surface area contributed by atoms with Crippen LogP contribution in [0, 0.1) is 0 Å². The summed E-state index contributed by atoms with van der Waals surface area (Å²) in [7, 11) is 0. The molecule has 17 heavy (non-hydrogen) atoms. The predicted octanol–water partition coefficient (Wildman–Crippen LogP) is 5.98. The highest BCUT2D eigenvalue weighted by Crippen LogP contribution is 2.04. The molecular formula is C17H28. The van der Waals surface area contributed by atoms with Gasteiger partial charge in [0, 0.05) is 0 Å². The highest BCUT2D eigenvalue weighted by atomic mass is 13.9. The van der Waals surface area contributed by atoms with Crippen molar-refractivity contribution in [1.82, 2.24) is 0 Å². The van der Waals surface area contributed by atoms with E-state index >= 15 is 0 Å². The molecule has 96 valence electrons. The lowest BCUT2D eigenvalue weighted by Gasteiger charge is -1.94. The fraction of sp³-hybridized carbons (Fsp3) is 0.529. The smallest absolute Gasteiger partial charge is 0.0169 e. The van der Waals surface area contributed by atoms with Crippen molar-refractivity contribution in [3.05, 3.63) is 49.1 Å². The molecule has 0 unspecified atom stereocenters. The summed E-state index contributed by atoms with van der Waals surface area (Å²) in [5.74, 6) is 0. The van der Waals surface area contributed by atoms with Gasteiger partial charge in [0.15, 0.2) is 0 Å². The standard InChI is InChI=1S/C17H28/c1-3-5-7-9-11-13-15-17-16-14-12-10-8-6-4-2/h3,6,8,12,14-15,17H,1,4-5,7,9-11,13,16H2,2H3/b8-6-,14-12-,17-15-. The lowest BCUT2D eigenvalue weighted by Crippen LogP contribution is -1.74. The monoisotopic (exact) mass is 232 g/mol. The first-order valence-corrected chi connectivity index (χ1v) is 6.97. The molecule has 0 N–H and O–H groups in total. The van der Waals surface area contributed by atoms with Crippen LogP contribution >= 0.6 is 0 Å². The maximum absolute atomic E-state index is 3.73. The quantitative estimate of drug-likeness (QED) is 0.303. The van der Waals surface area contributed by atoms with E-state index < -0.39 is 0 Å². The summed E-state index contributed by atoms with van der Waals surface area (Å²) in [6, 6.07) is 0. The van der Waals surface area contributed by atoms with Gasteiger partial charge in [-0.25, -0.2) is 0 Å². The minimum absolute atomic E-state index is 1.07. The van der Waals surface area contributed by atoms with Crippen LogP contribution in [0.4, 0.5) is 0 Å². The Balaban J connectivity index is 3.24. The van der Waals surface area contributed by atoms with Crippen LogP contribution in [-0.4, -0.2) is 0 Å². The molecule has 0 saturated carbocycles. The van der Waals surface area contributed by atoms with E-state index in [-0.39, 0.29) is 0 Å². The molecule has 0 aromatic heterocycles. The van der Waals surface area contributed by atoms with E-state index in [2.05, 4.69) is 50.0 Å². The van der Waals surface area contributed by atoms with Gasteiger partial charge in [0.1, 0.15) is 0 Å². The summed E-state index contributed by atoms with van der Waals surface area (Å²) in [5.41, 5.74) is 0. The first kappa shape index (κ1) is 16.0.